The zero-order valence-electron chi connectivity index (χ0n) is 21.1. The van der Waals surface area contributed by atoms with Gasteiger partial charge in [-0.25, -0.2) is 17.5 Å². The molecule has 3 aromatic rings. The quantitative estimate of drug-likeness (QED) is 0.343. The monoisotopic (exact) mass is 593 g/mol. The van der Waals surface area contributed by atoms with E-state index in [0.29, 0.717) is 11.6 Å². The Labute approximate surface area is 224 Å². The summed E-state index contributed by atoms with van der Waals surface area (Å²) < 4.78 is 125. The van der Waals surface area contributed by atoms with E-state index in [9.17, 15) is 43.9 Å². The van der Waals surface area contributed by atoms with Gasteiger partial charge in [0.15, 0.2) is 21.8 Å². The van der Waals surface area contributed by atoms with E-state index in [4.69, 9.17) is 4.74 Å². The Morgan fingerprint density at radius 3 is 2.27 bits per heavy atom. The Morgan fingerprint density at radius 2 is 1.70 bits per heavy atom. The second-order valence-electron chi connectivity index (χ2n) is 9.40. The zero-order valence-corrected chi connectivity index (χ0v) is 22.0. The van der Waals surface area contributed by atoms with Crippen molar-refractivity contribution in [2.24, 2.45) is 0 Å². The Hall–Kier alpha value is -3.62. The maximum atomic E-state index is 14.6. The van der Waals surface area contributed by atoms with Gasteiger partial charge in [0.1, 0.15) is 11.4 Å². The number of rotatable bonds is 6. The molecule has 1 atom stereocenters. The molecule has 7 nitrogen and oxygen atoms in total. The third-order valence-electron chi connectivity index (χ3n) is 6.29. The third kappa shape index (κ3) is 5.51. The number of halogens is 7. The number of nitrogens with zero attached hydrogens (tertiary/aromatic N) is 3. The van der Waals surface area contributed by atoms with E-state index in [1.165, 1.54) is 20.0 Å². The molecule has 1 amide bonds. The number of hydrogen-bond acceptors (Lipinski definition) is 5. The molecular formula is C25H22F7N3O4S. The lowest BCUT2D eigenvalue weighted by Gasteiger charge is -2.22. The minimum atomic E-state index is -4.93. The number of carbonyl (C=O) groups is 1. The van der Waals surface area contributed by atoms with Gasteiger partial charge in [0.25, 0.3) is 5.91 Å². The van der Waals surface area contributed by atoms with Crippen LogP contribution < -0.4 is 4.74 Å². The van der Waals surface area contributed by atoms with Gasteiger partial charge in [-0.05, 0) is 51.1 Å². The first-order chi connectivity index (χ1) is 18.4. The van der Waals surface area contributed by atoms with Crippen LogP contribution in [0.25, 0.3) is 5.69 Å². The van der Waals surface area contributed by atoms with Gasteiger partial charge in [-0.3, -0.25) is 4.79 Å². The average Bonchev–Trinajstić information content (AvgIpc) is 3.42. The number of alkyl halides is 6. The summed E-state index contributed by atoms with van der Waals surface area (Å²) in [5.74, 6) is -2.88. The van der Waals surface area contributed by atoms with Crippen molar-refractivity contribution in [2.45, 2.75) is 62.5 Å². The van der Waals surface area contributed by atoms with Crippen LogP contribution in [0.5, 0.6) is 5.75 Å². The molecule has 4 rings (SSSR count). The maximum absolute atomic E-state index is 14.6. The van der Waals surface area contributed by atoms with Crippen LogP contribution in [0.4, 0.5) is 30.7 Å². The Morgan fingerprint density at radius 1 is 1.02 bits per heavy atom. The third-order valence-corrected chi connectivity index (χ3v) is 8.44. The van der Waals surface area contributed by atoms with Gasteiger partial charge < -0.3 is 9.64 Å². The second-order valence-corrected chi connectivity index (χ2v) is 11.9. The van der Waals surface area contributed by atoms with Crippen LogP contribution >= 0.6 is 0 Å². The molecule has 0 saturated carbocycles. The maximum Gasteiger partial charge on any atom is 0.425 e. The molecule has 216 valence electrons. The van der Waals surface area contributed by atoms with E-state index in [0.717, 1.165) is 46.8 Å². The smallest absolute Gasteiger partial charge is 0.425 e. The number of aromatic nitrogens is 2. The number of benzene rings is 2. The highest BCUT2D eigenvalue weighted by molar-refractivity contribution is 7.92. The van der Waals surface area contributed by atoms with E-state index >= 15 is 0 Å². The SMILES string of the molecule is CC(Oc1ccc(S(=O)(=O)C(C)C)cc1C(=O)N1Cc2cn(-c3cccc(C(F)(F)F)c3F)nc2C1)C(F)(F)F. The fourth-order valence-corrected chi connectivity index (χ4v) is 5.08. The van der Waals surface area contributed by atoms with Crippen LogP contribution in [-0.2, 0) is 29.1 Å². The van der Waals surface area contributed by atoms with Crippen molar-refractivity contribution in [1.29, 1.82) is 0 Å². The van der Waals surface area contributed by atoms with Crippen LogP contribution in [-0.4, -0.2) is 46.5 Å². The second kappa shape index (κ2) is 10.1. The van der Waals surface area contributed by atoms with Crippen molar-refractivity contribution >= 4 is 15.7 Å². The van der Waals surface area contributed by atoms with E-state index in [1.807, 2.05) is 0 Å². The lowest BCUT2D eigenvalue weighted by atomic mass is 10.1. The topological polar surface area (TPSA) is 81.5 Å². The molecule has 0 spiro atoms. The molecular weight excluding hydrogens is 571 g/mol. The molecule has 2 aromatic carbocycles. The minimum Gasteiger partial charge on any atom is -0.480 e. The highest BCUT2D eigenvalue weighted by Crippen LogP contribution is 2.35. The molecule has 0 saturated heterocycles. The highest BCUT2D eigenvalue weighted by atomic mass is 32.2. The van der Waals surface area contributed by atoms with Gasteiger partial charge >= 0.3 is 12.4 Å². The van der Waals surface area contributed by atoms with Crippen molar-refractivity contribution < 1.29 is 48.7 Å². The van der Waals surface area contributed by atoms with E-state index in [-0.39, 0.29) is 23.7 Å². The zero-order chi connectivity index (χ0) is 29.8. The van der Waals surface area contributed by atoms with Crippen molar-refractivity contribution in [3.05, 3.63) is 70.8 Å². The molecule has 0 N–H and O–H groups in total. The molecule has 1 unspecified atom stereocenters. The molecule has 1 aromatic heterocycles. The molecule has 15 heteroatoms. The Bertz CT molecular complexity index is 1540. The van der Waals surface area contributed by atoms with Gasteiger partial charge in [0, 0.05) is 18.3 Å². The summed E-state index contributed by atoms with van der Waals surface area (Å²) in [4.78, 5) is 14.3. The number of carbonyl (C=O) groups excluding carboxylic acids is 1. The molecule has 0 aliphatic carbocycles. The fourth-order valence-electron chi connectivity index (χ4n) is 3.99. The summed E-state index contributed by atoms with van der Waals surface area (Å²) in [6, 6.07) is 5.69. The molecule has 1 aliphatic rings. The first-order valence-corrected chi connectivity index (χ1v) is 13.3. The molecule has 1 aliphatic heterocycles. The largest absolute Gasteiger partial charge is 0.480 e. The van der Waals surface area contributed by atoms with Crippen molar-refractivity contribution in [3.63, 3.8) is 0 Å². The van der Waals surface area contributed by atoms with Gasteiger partial charge in [0.2, 0.25) is 0 Å². The molecule has 0 bridgehead atoms. The van der Waals surface area contributed by atoms with Gasteiger partial charge in [-0.1, -0.05) is 6.07 Å². The van der Waals surface area contributed by atoms with Crippen LogP contribution in [0.15, 0.2) is 47.5 Å². The average molecular weight is 594 g/mol. The Balaban J connectivity index is 1.66. The first kappa shape index (κ1) is 29.4. The van der Waals surface area contributed by atoms with Crippen LogP contribution in [0.2, 0.25) is 0 Å². The van der Waals surface area contributed by atoms with Gasteiger partial charge in [-0.2, -0.15) is 31.4 Å². The van der Waals surface area contributed by atoms with Gasteiger partial charge in [0.05, 0.1) is 33.5 Å². The van der Waals surface area contributed by atoms with Gasteiger partial charge in [-0.15, -0.1) is 0 Å². The van der Waals surface area contributed by atoms with Crippen molar-refractivity contribution in [1.82, 2.24) is 14.7 Å². The number of sulfone groups is 1. The summed E-state index contributed by atoms with van der Waals surface area (Å²) in [6.45, 7) is 3.13. The van der Waals surface area contributed by atoms with Crippen LogP contribution in [0.1, 0.15) is 48.0 Å². The molecule has 0 radical (unpaired) electrons. The lowest BCUT2D eigenvalue weighted by molar-refractivity contribution is -0.189. The van der Waals surface area contributed by atoms with E-state index in [1.54, 1.807) is 0 Å². The predicted octanol–water partition coefficient (Wildman–Crippen LogP) is 5.70. The molecule has 40 heavy (non-hydrogen) atoms. The summed E-state index contributed by atoms with van der Waals surface area (Å²) in [6.07, 6.45) is -10.8. The number of fused-ring (bicyclic) bond motifs is 1. The standard InChI is InChI=1S/C25H22F7N3O4S/c1-13(2)40(37,38)16-7-8-21(39-14(3)24(27,28)29)17(9-16)23(36)34-10-15-11-35(33-19(15)12-34)20-6-4-5-18(22(20)26)25(30,31)32/h4-9,11,13-14H,10,12H2,1-3H3. The van der Waals surface area contributed by atoms with Crippen LogP contribution in [0.3, 0.4) is 0 Å². The number of ether oxygens (including phenoxy) is 1. The van der Waals surface area contributed by atoms with Crippen molar-refractivity contribution in [3.8, 4) is 11.4 Å². The summed E-state index contributed by atoms with van der Waals surface area (Å²) in [7, 11) is -3.91. The summed E-state index contributed by atoms with van der Waals surface area (Å²) in [5.41, 5.74) is -1.82. The fraction of sp³-hybridized carbons (Fsp3) is 0.360. The number of amides is 1. The predicted molar refractivity (Wildman–Crippen MR) is 127 cm³/mol. The Kier molecular flexibility index (Phi) is 7.41. The normalized spacial score (nSPS) is 14.9. The lowest BCUT2D eigenvalue weighted by Crippen LogP contribution is -2.33. The molecule has 2 heterocycles. The van der Waals surface area contributed by atoms with E-state index in [2.05, 4.69) is 5.10 Å². The van der Waals surface area contributed by atoms with Crippen molar-refractivity contribution in [2.75, 3.05) is 0 Å². The molecule has 0 fully saturated rings. The van der Waals surface area contributed by atoms with E-state index < -0.39 is 67.8 Å². The minimum absolute atomic E-state index is 0.176. The van der Waals surface area contributed by atoms with Crippen LogP contribution in [0, 0.1) is 5.82 Å². The highest BCUT2D eigenvalue weighted by Gasteiger charge is 2.40. The summed E-state index contributed by atoms with van der Waals surface area (Å²) >= 11 is 0. The first-order valence-electron chi connectivity index (χ1n) is 11.8. The summed E-state index contributed by atoms with van der Waals surface area (Å²) in [5, 5.41) is 3.21. The number of hydrogen-bond donors (Lipinski definition) is 0.